The number of aromatic nitrogens is 2. The SMILES string of the molecule is COc1ccccc1C(=O)Nc1ccc2[nH]c(=O)[nH]c2c1. The van der Waals surface area contributed by atoms with Gasteiger partial charge in [-0.15, -0.1) is 0 Å². The van der Waals surface area contributed by atoms with Gasteiger partial charge < -0.3 is 20.0 Å². The number of hydrogen-bond acceptors (Lipinski definition) is 3. The van der Waals surface area contributed by atoms with Crippen molar-refractivity contribution in [3.63, 3.8) is 0 Å². The summed E-state index contributed by atoms with van der Waals surface area (Å²) in [4.78, 5) is 28.8. The van der Waals surface area contributed by atoms with Gasteiger partial charge in [0.2, 0.25) is 0 Å². The molecule has 0 radical (unpaired) electrons. The van der Waals surface area contributed by atoms with E-state index < -0.39 is 0 Å². The molecule has 6 nitrogen and oxygen atoms in total. The van der Waals surface area contributed by atoms with Crippen LogP contribution in [-0.2, 0) is 0 Å². The third kappa shape index (κ3) is 2.51. The van der Waals surface area contributed by atoms with Crippen LogP contribution in [-0.4, -0.2) is 23.0 Å². The number of anilines is 1. The smallest absolute Gasteiger partial charge is 0.323 e. The fourth-order valence-corrected chi connectivity index (χ4v) is 2.14. The Hall–Kier alpha value is -3.02. The molecule has 0 saturated heterocycles. The molecular weight excluding hydrogens is 270 g/mol. The number of benzene rings is 2. The fourth-order valence-electron chi connectivity index (χ4n) is 2.14. The third-order valence-corrected chi connectivity index (χ3v) is 3.13. The summed E-state index contributed by atoms with van der Waals surface area (Å²) in [6, 6.07) is 12.1. The van der Waals surface area contributed by atoms with Crippen LogP contribution in [0.4, 0.5) is 5.69 Å². The number of aromatic amines is 2. The van der Waals surface area contributed by atoms with Gasteiger partial charge in [0.25, 0.3) is 5.91 Å². The Morgan fingerprint density at radius 2 is 1.86 bits per heavy atom. The Morgan fingerprint density at radius 1 is 1.10 bits per heavy atom. The average Bonchev–Trinajstić information content (AvgIpc) is 2.86. The highest BCUT2D eigenvalue weighted by Gasteiger charge is 2.12. The Balaban J connectivity index is 1.90. The summed E-state index contributed by atoms with van der Waals surface area (Å²) in [5.41, 5.74) is 2.09. The van der Waals surface area contributed by atoms with E-state index in [-0.39, 0.29) is 11.6 Å². The number of ether oxygens (including phenoxy) is 1. The van der Waals surface area contributed by atoms with Crippen LogP contribution in [0.5, 0.6) is 5.75 Å². The first kappa shape index (κ1) is 13.0. The van der Waals surface area contributed by atoms with Gasteiger partial charge in [-0.3, -0.25) is 4.79 Å². The van der Waals surface area contributed by atoms with Gasteiger partial charge in [0.1, 0.15) is 5.75 Å². The molecule has 1 heterocycles. The molecule has 3 rings (SSSR count). The fraction of sp³-hybridized carbons (Fsp3) is 0.0667. The predicted octanol–water partition coefficient (Wildman–Crippen LogP) is 2.12. The Bertz CT molecular complexity index is 864. The molecule has 3 aromatic rings. The van der Waals surface area contributed by atoms with E-state index in [2.05, 4.69) is 15.3 Å². The van der Waals surface area contributed by atoms with Gasteiger partial charge in [0.05, 0.1) is 23.7 Å². The molecule has 1 aromatic heterocycles. The monoisotopic (exact) mass is 283 g/mol. The topological polar surface area (TPSA) is 87.0 Å². The zero-order chi connectivity index (χ0) is 14.8. The number of fused-ring (bicyclic) bond motifs is 1. The minimum Gasteiger partial charge on any atom is -0.496 e. The van der Waals surface area contributed by atoms with E-state index in [0.29, 0.717) is 28.0 Å². The Morgan fingerprint density at radius 3 is 2.67 bits per heavy atom. The standard InChI is InChI=1S/C15H13N3O3/c1-21-13-5-3-2-4-10(13)14(19)16-9-6-7-11-12(8-9)18-15(20)17-11/h2-8H,1H3,(H,16,19)(H2,17,18,20). The van der Waals surface area contributed by atoms with Gasteiger partial charge in [-0.05, 0) is 30.3 Å². The average molecular weight is 283 g/mol. The van der Waals surface area contributed by atoms with Gasteiger partial charge in [-0.25, -0.2) is 4.79 Å². The number of carbonyl (C=O) groups is 1. The number of carbonyl (C=O) groups excluding carboxylic acids is 1. The van der Waals surface area contributed by atoms with Gasteiger partial charge in [0.15, 0.2) is 0 Å². The molecule has 0 unspecified atom stereocenters. The molecule has 0 atom stereocenters. The summed E-state index contributed by atoms with van der Waals surface area (Å²) in [7, 11) is 1.52. The van der Waals surface area contributed by atoms with E-state index in [1.807, 2.05) is 0 Å². The molecule has 3 N–H and O–H groups in total. The largest absolute Gasteiger partial charge is 0.496 e. The minimum atomic E-state index is -0.279. The van der Waals surface area contributed by atoms with E-state index >= 15 is 0 Å². The predicted molar refractivity (Wildman–Crippen MR) is 79.9 cm³/mol. The second kappa shape index (κ2) is 5.16. The lowest BCUT2D eigenvalue weighted by Crippen LogP contribution is -2.13. The van der Waals surface area contributed by atoms with Crippen molar-refractivity contribution < 1.29 is 9.53 Å². The zero-order valence-electron chi connectivity index (χ0n) is 11.3. The summed E-state index contributed by atoms with van der Waals surface area (Å²) < 4.78 is 5.16. The Kier molecular flexibility index (Phi) is 3.19. The number of rotatable bonds is 3. The van der Waals surface area contributed by atoms with Crippen molar-refractivity contribution in [2.75, 3.05) is 12.4 Å². The van der Waals surface area contributed by atoms with Crippen LogP contribution in [0.2, 0.25) is 0 Å². The van der Waals surface area contributed by atoms with Gasteiger partial charge >= 0.3 is 5.69 Å². The lowest BCUT2D eigenvalue weighted by Gasteiger charge is -2.09. The molecule has 0 spiro atoms. The second-order valence-corrected chi connectivity index (χ2v) is 4.49. The van der Waals surface area contributed by atoms with Crippen molar-refractivity contribution in [1.82, 2.24) is 9.97 Å². The molecule has 0 bridgehead atoms. The van der Waals surface area contributed by atoms with E-state index in [9.17, 15) is 9.59 Å². The lowest BCUT2D eigenvalue weighted by atomic mass is 10.2. The number of para-hydroxylation sites is 1. The van der Waals surface area contributed by atoms with Crippen molar-refractivity contribution in [3.8, 4) is 5.75 Å². The molecule has 0 aliphatic carbocycles. The summed E-state index contributed by atoms with van der Waals surface area (Å²) in [6.45, 7) is 0. The van der Waals surface area contributed by atoms with Crippen LogP contribution < -0.4 is 15.7 Å². The number of methoxy groups -OCH3 is 1. The second-order valence-electron chi connectivity index (χ2n) is 4.49. The summed E-state index contributed by atoms with van der Waals surface area (Å²) in [5.74, 6) is 0.232. The van der Waals surface area contributed by atoms with Gasteiger partial charge in [-0.2, -0.15) is 0 Å². The number of H-pyrrole nitrogens is 2. The van der Waals surface area contributed by atoms with Crippen molar-refractivity contribution >= 4 is 22.6 Å². The van der Waals surface area contributed by atoms with E-state index in [1.54, 1.807) is 42.5 Å². The molecule has 0 saturated carbocycles. The summed E-state index contributed by atoms with van der Waals surface area (Å²) in [5, 5.41) is 2.78. The molecule has 1 amide bonds. The van der Waals surface area contributed by atoms with Gasteiger partial charge in [-0.1, -0.05) is 12.1 Å². The molecule has 21 heavy (non-hydrogen) atoms. The zero-order valence-corrected chi connectivity index (χ0v) is 11.3. The maximum Gasteiger partial charge on any atom is 0.323 e. The van der Waals surface area contributed by atoms with Crippen LogP contribution in [0, 0.1) is 0 Å². The molecular formula is C15H13N3O3. The summed E-state index contributed by atoms with van der Waals surface area (Å²) >= 11 is 0. The van der Waals surface area contributed by atoms with Crippen LogP contribution in [0.1, 0.15) is 10.4 Å². The van der Waals surface area contributed by atoms with Crippen LogP contribution in [0.25, 0.3) is 11.0 Å². The van der Waals surface area contributed by atoms with Crippen LogP contribution >= 0.6 is 0 Å². The van der Waals surface area contributed by atoms with E-state index in [1.165, 1.54) is 7.11 Å². The normalized spacial score (nSPS) is 10.5. The van der Waals surface area contributed by atoms with Crippen LogP contribution in [0.15, 0.2) is 47.3 Å². The molecule has 0 fully saturated rings. The highest BCUT2D eigenvalue weighted by molar-refractivity contribution is 6.06. The molecule has 106 valence electrons. The molecule has 6 heteroatoms. The number of hydrogen-bond donors (Lipinski definition) is 3. The quantitative estimate of drug-likeness (QED) is 0.688. The minimum absolute atomic E-state index is 0.273. The number of amides is 1. The summed E-state index contributed by atoms with van der Waals surface area (Å²) in [6.07, 6.45) is 0. The van der Waals surface area contributed by atoms with Crippen molar-refractivity contribution in [2.45, 2.75) is 0 Å². The molecule has 2 aromatic carbocycles. The first-order valence-electron chi connectivity index (χ1n) is 6.34. The highest BCUT2D eigenvalue weighted by Crippen LogP contribution is 2.20. The third-order valence-electron chi connectivity index (χ3n) is 3.13. The number of nitrogens with one attached hydrogen (secondary N) is 3. The first-order chi connectivity index (χ1) is 10.2. The highest BCUT2D eigenvalue weighted by atomic mass is 16.5. The molecule has 0 aliphatic heterocycles. The molecule has 0 aliphatic rings. The van der Waals surface area contributed by atoms with E-state index in [0.717, 1.165) is 0 Å². The van der Waals surface area contributed by atoms with Crippen LogP contribution in [0.3, 0.4) is 0 Å². The Labute approximate surface area is 119 Å². The van der Waals surface area contributed by atoms with Crippen molar-refractivity contribution in [1.29, 1.82) is 0 Å². The maximum absolute atomic E-state index is 12.3. The maximum atomic E-state index is 12.3. The van der Waals surface area contributed by atoms with Crippen molar-refractivity contribution in [3.05, 3.63) is 58.5 Å². The first-order valence-corrected chi connectivity index (χ1v) is 6.34. The van der Waals surface area contributed by atoms with Crippen molar-refractivity contribution in [2.24, 2.45) is 0 Å². The van der Waals surface area contributed by atoms with Gasteiger partial charge in [0, 0.05) is 5.69 Å². The van der Waals surface area contributed by atoms with E-state index in [4.69, 9.17) is 4.74 Å². The number of imidazole rings is 1. The lowest BCUT2D eigenvalue weighted by molar-refractivity contribution is 0.102.